The van der Waals surface area contributed by atoms with Crippen LogP contribution in [0.5, 0.6) is 0 Å². The van der Waals surface area contributed by atoms with E-state index < -0.39 is 0 Å². The number of nitrogens with one attached hydrogen (secondary N) is 1. The second-order valence-electron chi connectivity index (χ2n) is 4.38. The normalized spacial score (nSPS) is 23.5. The first kappa shape index (κ1) is 14.3. The highest BCUT2D eigenvalue weighted by Gasteiger charge is 2.27. The Bertz CT molecular complexity index is 411. The van der Waals surface area contributed by atoms with Gasteiger partial charge in [-0.25, -0.2) is 15.8 Å². The monoisotopic (exact) mass is 285 g/mol. The van der Waals surface area contributed by atoms with E-state index in [2.05, 4.69) is 27.2 Å². The van der Waals surface area contributed by atoms with Crippen LogP contribution in [0.3, 0.4) is 0 Å². The second-order valence-corrected chi connectivity index (χ2v) is 5.16. The van der Waals surface area contributed by atoms with Crippen LogP contribution in [-0.2, 0) is 4.74 Å². The van der Waals surface area contributed by atoms with Gasteiger partial charge < -0.3 is 20.2 Å². The van der Waals surface area contributed by atoms with Crippen LogP contribution in [0.4, 0.5) is 11.6 Å². The average molecular weight is 285 g/mol. The van der Waals surface area contributed by atoms with Crippen molar-refractivity contribution in [2.24, 2.45) is 5.84 Å². The van der Waals surface area contributed by atoms with Crippen molar-refractivity contribution in [3.8, 4) is 0 Å². The Kier molecular flexibility index (Phi) is 4.81. The standard InChI is InChI=1S/C11H19N5O2S/c1-7-6-18-8(5-17)4-16(7)10-3-9(15-12)13-11(14-10)19-2/h3,7-8,17H,4-6,12H2,1-2H3,(H,13,14,15). The van der Waals surface area contributed by atoms with Crippen LogP contribution in [0, 0.1) is 0 Å². The summed E-state index contributed by atoms with van der Waals surface area (Å²) in [5.41, 5.74) is 2.55. The van der Waals surface area contributed by atoms with Gasteiger partial charge in [0.1, 0.15) is 11.6 Å². The number of aliphatic hydroxyl groups is 1. The molecule has 4 N–H and O–H groups in total. The molecule has 2 unspecified atom stereocenters. The van der Waals surface area contributed by atoms with Gasteiger partial charge in [0.2, 0.25) is 0 Å². The summed E-state index contributed by atoms with van der Waals surface area (Å²) in [6, 6.07) is 1.99. The minimum Gasteiger partial charge on any atom is -0.394 e. The molecule has 0 spiro atoms. The van der Waals surface area contributed by atoms with Crippen molar-refractivity contribution in [1.82, 2.24) is 9.97 Å². The third-order valence-corrected chi connectivity index (χ3v) is 3.57. The minimum atomic E-state index is -0.182. The predicted molar refractivity (Wildman–Crippen MR) is 75.3 cm³/mol. The van der Waals surface area contributed by atoms with Crippen LogP contribution < -0.4 is 16.2 Å². The lowest BCUT2D eigenvalue weighted by Gasteiger charge is -2.38. The molecule has 1 saturated heterocycles. The summed E-state index contributed by atoms with van der Waals surface area (Å²) in [6.07, 6.45) is 1.73. The lowest BCUT2D eigenvalue weighted by molar-refractivity contribution is -0.0106. The molecule has 0 aromatic carbocycles. The maximum absolute atomic E-state index is 9.22. The zero-order valence-corrected chi connectivity index (χ0v) is 11.9. The molecule has 19 heavy (non-hydrogen) atoms. The summed E-state index contributed by atoms with van der Waals surface area (Å²) < 4.78 is 5.52. The molecule has 0 saturated carbocycles. The average Bonchev–Trinajstić information content (AvgIpc) is 2.47. The van der Waals surface area contributed by atoms with Gasteiger partial charge in [-0.2, -0.15) is 0 Å². The first-order chi connectivity index (χ1) is 9.17. The van der Waals surface area contributed by atoms with Crippen molar-refractivity contribution in [2.75, 3.05) is 36.3 Å². The Labute approximate surface area is 116 Å². The molecule has 1 fully saturated rings. The van der Waals surface area contributed by atoms with Gasteiger partial charge in [-0.1, -0.05) is 11.8 Å². The van der Waals surface area contributed by atoms with Crippen molar-refractivity contribution in [3.05, 3.63) is 6.07 Å². The third kappa shape index (κ3) is 3.27. The zero-order valence-electron chi connectivity index (χ0n) is 11.0. The van der Waals surface area contributed by atoms with E-state index in [-0.39, 0.29) is 18.8 Å². The number of ether oxygens (including phenoxy) is 1. The highest BCUT2D eigenvalue weighted by atomic mass is 32.2. The van der Waals surface area contributed by atoms with E-state index in [0.29, 0.717) is 24.1 Å². The number of aromatic nitrogens is 2. The highest BCUT2D eigenvalue weighted by Crippen LogP contribution is 2.24. The number of nitrogens with two attached hydrogens (primary N) is 1. The number of thioether (sulfide) groups is 1. The molecule has 1 aromatic heterocycles. The molecule has 2 heterocycles. The van der Waals surface area contributed by atoms with Crippen LogP contribution in [0.25, 0.3) is 0 Å². The number of nitrogens with zero attached hydrogens (tertiary/aromatic N) is 3. The molecule has 8 heteroatoms. The van der Waals surface area contributed by atoms with Crippen LogP contribution in [0.2, 0.25) is 0 Å². The third-order valence-electron chi connectivity index (χ3n) is 3.03. The number of nitrogen functional groups attached to an aromatic ring is 1. The van der Waals surface area contributed by atoms with E-state index in [1.807, 2.05) is 6.26 Å². The van der Waals surface area contributed by atoms with Gasteiger partial charge in [0.15, 0.2) is 5.16 Å². The Morgan fingerprint density at radius 2 is 2.42 bits per heavy atom. The Morgan fingerprint density at radius 1 is 1.63 bits per heavy atom. The van der Waals surface area contributed by atoms with E-state index in [9.17, 15) is 5.11 Å². The summed E-state index contributed by atoms with van der Waals surface area (Å²) in [5, 5.41) is 9.88. The smallest absolute Gasteiger partial charge is 0.191 e. The molecular formula is C11H19N5O2S. The number of hydrazine groups is 1. The highest BCUT2D eigenvalue weighted by molar-refractivity contribution is 7.98. The van der Waals surface area contributed by atoms with E-state index in [1.54, 1.807) is 6.07 Å². The maximum atomic E-state index is 9.22. The molecule has 0 radical (unpaired) electrons. The lowest BCUT2D eigenvalue weighted by atomic mass is 10.2. The summed E-state index contributed by atoms with van der Waals surface area (Å²) in [6.45, 7) is 3.23. The van der Waals surface area contributed by atoms with Crippen molar-refractivity contribution in [1.29, 1.82) is 0 Å². The molecule has 0 aliphatic carbocycles. The quantitative estimate of drug-likeness (QED) is 0.309. The number of hydrogen-bond donors (Lipinski definition) is 3. The van der Waals surface area contributed by atoms with E-state index in [0.717, 1.165) is 5.82 Å². The zero-order chi connectivity index (χ0) is 13.8. The maximum Gasteiger partial charge on any atom is 0.191 e. The summed E-state index contributed by atoms with van der Waals surface area (Å²) in [7, 11) is 0. The number of anilines is 2. The molecule has 7 nitrogen and oxygen atoms in total. The van der Waals surface area contributed by atoms with Gasteiger partial charge in [0, 0.05) is 12.6 Å². The molecular weight excluding hydrogens is 266 g/mol. The summed E-state index contributed by atoms with van der Waals surface area (Å²) in [4.78, 5) is 10.8. The van der Waals surface area contributed by atoms with Crippen molar-refractivity contribution < 1.29 is 9.84 Å². The summed E-state index contributed by atoms with van der Waals surface area (Å²) >= 11 is 1.46. The number of rotatable bonds is 4. The van der Waals surface area contributed by atoms with Gasteiger partial charge in [-0.15, -0.1) is 0 Å². The van der Waals surface area contributed by atoms with E-state index >= 15 is 0 Å². The van der Waals surface area contributed by atoms with Crippen molar-refractivity contribution in [3.63, 3.8) is 0 Å². The fraction of sp³-hybridized carbons (Fsp3) is 0.636. The van der Waals surface area contributed by atoms with Gasteiger partial charge in [0.05, 0.1) is 25.4 Å². The first-order valence-corrected chi connectivity index (χ1v) is 7.29. The first-order valence-electron chi connectivity index (χ1n) is 6.06. The molecule has 2 atom stereocenters. The predicted octanol–water partition coefficient (Wildman–Crippen LogP) is 0.0701. The SMILES string of the molecule is CSc1nc(NN)cc(N2CC(CO)OCC2C)n1. The molecule has 1 aliphatic rings. The van der Waals surface area contributed by atoms with Crippen LogP contribution in [-0.4, -0.2) is 53.2 Å². The Hall–Kier alpha value is -1.09. The van der Waals surface area contributed by atoms with Crippen LogP contribution in [0.15, 0.2) is 11.2 Å². The fourth-order valence-corrected chi connectivity index (χ4v) is 2.35. The molecule has 0 amide bonds. The van der Waals surface area contributed by atoms with Gasteiger partial charge in [-0.05, 0) is 13.2 Å². The van der Waals surface area contributed by atoms with Crippen LogP contribution in [0.1, 0.15) is 6.92 Å². The van der Waals surface area contributed by atoms with Crippen molar-refractivity contribution >= 4 is 23.4 Å². The van der Waals surface area contributed by atoms with E-state index in [1.165, 1.54) is 11.8 Å². The van der Waals surface area contributed by atoms with Gasteiger partial charge in [-0.3, -0.25) is 0 Å². The van der Waals surface area contributed by atoms with E-state index in [4.69, 9.17) is 10.6 Å². The Morgan fingerprint density at radius 3 is 3.05 bits per heavy atom. The number of hydrogen-bond acceptors (Lipinski definition) is 8. The van der Waals surface area contributed by atoms with Gasteiger partial charge in [0.25, 0.3) is 0 Å². The fourth-order valence-electron chi connectivity index (χ4n) is 1.97. The topological polar surface area (TPSA) is 96.5 Å². The second kappa shape index (κ2) is 6.38. The minimum absolute atomic E-state index is 0.00564. The lowest BCUT2D eigenvalue weighted by Crippen LogP contribution is -2.50. The summed E-state index contributed by atoms with van der Waals surface area (Å²) in [5.74, 6) is 6.80. The van der Waals surface area contributed by atoms with Gasteiger partial charge >= 0.3 is 0 Å². The molecule has 1 aliphatic heterocycles. The Balaban J connectivity index is 2.27. The molecule has 1 aromatic rings. The largest absolute Gasteiger partial charge is 0.394 e. The molecule has 2 rings (SSSR count). The number of morpholine rings is 1. The molecule has 0 bridgehead atoms. The molecule has 106 valence electrons. The van der Waals surface area contributed by atoms with Crippen molar-refractivity contribution in [2.45, 2.75) is 24.2 Å². The van der Waals surface area contributed by atoms with Crippen LogP contribution >= 0.6 is 11.8 Å². The number of aliphatic hydroxyl groups excluding tert-OH is 1.